The Morgan fingerprint density at radius 1 is 1.14 bits per heavy atom. The van der Waals surface area contributed by atoms with Crippen molar-refractivity contribution in [2.75, 3.05) is 16.3 Å². The molecule has 1 fully saturated rings. The number of fused-ring (bicyclic) bond motifs is 1. The molecule has 0 saturated heterocycles. The van der Waals surface area contributed by atoms with Gasteiger partial charge in [0.05, 0.1) is 17.4 Å². The third-order valence-corrected chi connectivity index (χ3v) is 4.90. The highest BCUT2D eigenvalue weighted by Gasteiger charge is 2.34. The van der Waals surface area contributed by atoms with Gasteiger partial charge in [0.15, 0.2) is 0 Å². The summed E-state index contributed by atoms with van der Waals surface area (Å²) in [5, 5.41) is 0. The van der Waals surface area contributed by atoms with Gasteiger partial charge in [0.25, 0.3) is 0 Å². The summed E-state index contributed by atoms with van der Waals surface area (Å²) >= 11 is 0. The predicted octanol–water partition coefficient (Wildman–Crippen LogP) is 3.35. The molecule has 0 radical (unpaired) electrons. The quantitative estimate of drug-likeness (QED) is 0.840. The fourth-order valence-corrected chi connectivity index (χ4v) is 3.87. The van der Waals surface area contributed by atoms with Crippen molar-refractivity contribution in [3.63, 3.8) is 0 Å². The van der Waals surface area contributed by atoms with Crippen LogP contribution in [0.15, 0.2) is 24.3 Å². The summed E-state index contributed by atoms with van der Waals surface area (Å²) in [6.07, 6.45) is 5.50. The smallest absolute Gasteiger partial charge is 0.227 e. The zero-order chi connectivity index (χ0) is 15.7. The molecule has 0 aromatic heterocycles. The van der Waals surface area contributed by atoms with Gasteiger partial charge in [-0.15, -0.1) is 0 Å². The van der Waals surface area contributed by atoms with Crippen LogP contribution in [-0.2, 0) is 9.59 Å². The van der Waals surface area contributed by atoms with E-state index in [0.29, 0.717) is 18.9 Å². The van der Waals surface area contributed by atoms with Crippen molar-refractivity contribution < 1.29 is 9.59 Å². The number of benzene rings is 1. The molecule has 118 valence electrons. The van der Waals surface area contributed by atoms with Gasteiger partial charge in [0.1, 0.15) is 0 Å². The highest BCUT2D eigenvalue weighted by atomic mass is 16.2. The van der Waals surface area contributed by atoms with E-state index >= 15 is 0 Å². The molecule has 1 aromatic carbocycles. The van der Waals surface area contributed by atoms with E-state index in [9.17, 15) is 9.59 Å². The maximum atomic E-state index is 12.8. The van der Waals surface area contributed by atoms with Crippen LogP contribution in [0.5, 0.6) is 0 Å². The van der Waals surface area contributed by atoms with Crippen molar-refractivity contribution in [3.05, 3.63) is 24.3 Å². The highest BCUT2D eigenvalue weighted by molar-refractivity contribution is 6.03. The highest BCUT2D eigenvalue weighted by Crippen LogP contribution is 2.37. The topological polar surface area (TPSA) is 40.6 Å². The van der Waals surface area contributed by atoms with E-state index in [1.165, 1.54) is 25.7 Å². The van der Waals surface area contributed by atoms with Gasteiger partial charge in [-0.05, 0) is 37.8 Å². The lowest BCUT2D eigenvalue weighted by Gasteiger charge is -2.41. The van der Waals surface area contributed by atoms with Crippen molar-refractivity contribution in [2.24, 2.45) is 5.92 Å². The van der Waals surface area contributed by atoms with Gasteiger partial charge >= 0.3 is 0 Å². The molecule has 1 saturated carbocycles. The lowest BCUT2D eigenvalue weighted by atomic mass is 10.0. The molecule has 3 rings (SSSR count). The van der Waals surface area contributed by atoms with E-state index in [1.54, 1.807) is 11.8 Å². The molecule has 1 heterocycles. The lowest BCUT2D eigenvalue weighted by Crippen LogP contribution is -2.51. The van der Waals surface area contributed by atoms with Crippen molar-refractivity contribution >= 4 is 23.2 Å². The second-order valence-corrected chi connectivity index (χ2v) is 6.59. The fourth-order valence-electron chi connectivity index (χ4n) is 3.87. The number of rotatable bonds is 2. The van der Waals surface area contributed by atoms with E-state index in [2.05, 4.69) is 0 Å². The van der Waals surface area contributed by atoms with E-state index in [0.717, 1.165) is 11.4 Å². The standard InChI is InChI=1S/C18H24N2O2/c1-13-12-19(18(22)11-15-7-3-4-8-15)16-9-5-6-10-17(16)20(13)14(2)21/h5-6,9-10,13,15H,3-4,7-8,11-12H2,1-2H3. The molecule has 1 aromatic rings. The average Bonchev–Trinajstić information content (AvgIpc) is 2.98. The summed E-state index contributed by atoms with van der Waals surface area (Å²) in [5.41, 5.74) is 1.73. The fraction of sp³-hybridized carbons (Fsp3) is 0.556. The molecule has 4 heteroatoms. The number of para-hydroxylation sites is 2. The first-order valence-corrected chi connectivity index (χ1v) is 8.27. The SMILES string of the molecule is CC(=O)N1c2ccccc2N(C(=O)CC2CCCC2)CC1C. The summed E-state index contributed by atoms with van der Waals surface area (Å²) < 4.78 is 0. The number of hydrogen-bond acceptors (Lipinski definition) is 2. The van der Waals surface area contributed by atoms with Crippen molar-refractivity contribution in [2.45, 2.75) is 52.0 Å². The Balaban J connectivity index is 1.87. The van der Waals surface area contributed by atoms with Crippen LogP contribution in [0.4, 0.5) is 11.4 Å². The summed E-state index contributed by atoms with van der Waals surface area (Å²) in [6.45, 7) is 4.18. The first kappa shape index (κ1) is 15.1. The molecule has 1 unspecified atom stereocenters. The maximum absolute atomic E-state index is 12.8. The van der Waals surface area contributed by atoms with E-state index in [4.69, 9.17) is 0 Å². The number of nitrogens with zero attached hydrogens (tertiary/aromatic N) is 2. The molecule has 1 atom stereocenters. The molecule has 0 bridgehead atoms. The molecule has 1 aliphatic heterocycles. The predicted molar refractivity (Wildman–Crippen MR) is 88.0 cm³/mol. The van der Waals surface area contributed by atoms with Gasteiger partial charge in [-0.25, -0.2) is 0 Å². The summed E-state index contributed by atoms with van der Waals surface area (Å²) in [7, 11) is 0. The van der Waals surface area contributed by atoms with Crippen molar-refractivity contribution in [3.8, 4) is 0 Å². The normalized spacial score (nSPS) is 21.8. The maximum Gasteiger partial charge on any atom is 0.227 e. The monoisotopic (exact) mass is 300 g/mol. The molecular weight excluding hydrogens is 276 g/mol. The average molecular weight is 300 g/mol. The lowest BCUT2D eigenvalue weighted by molar-refractivity contribution is -0.120. The molecule has 4 nitrogen and oxygen atoms in total. The van der Waals surface area contributed by atoms with E-state index < -0.39 is 0 Å². The van der Waals surface area contributed by atoms with Crippen LogP contribution < -0.4 is 9.80 Å². The summed E-state index contributed by atoms with van der Waals surface area (Å²) in [6, 6.07) is 7.75. The molecule has 0 spiro atoms. The number of amides is 2. The number of carbonyl (C=O) groups is 2. The number of anilines is 2. The molecule has 2 amide bonds. The minimum atomic E-state index is 0.0138. The molecular formula is C18H24N2O2. The van der Waals surface area contributed by atoms with Crippen molar-refractivity contribution in [1.82, 2.24) is 0 Å². The minimum absolute atomic E-state index is 0.0138. The molecule has 2 aliphatic rings. The number of hydrogen-bond donors (Lipinski definition) is 0. The van der Waals surface area contributed by atoms with Gasteiger partial charge in [-0.1, -0.05) is 25.0 Å². The number of carbonyl (C=O) groups excluding carboxylic acids is 2. The Kier molecular flexibility index (Phi) is 4.19. The third kappa shape index (κ3) is 2.74. The first-order valence-electron chi connectivity index (χ1n) is 8.27. The second kappa shape index (κ2) is 6.11. The van der Waals surface area contributed by atoms with Gasteiger partial charge in [0.2, 0.25) is 11.8 Å². The van der Waals surface area contributed by atoms with Crippen LogP contribution >= 0.6 is 0 Å². The minimum Gasteiger partial charge on any atom is -0.308 e. The Morgan fingerprint density at radius 3 is 2.41 bits per heavy atom. The first-order chi connectivity index (χ1) is 10.6. The van der Waals surface area contributed by atoms with Crippen LogP contribution in [0.2, 0.25) is 0 Å². The van der Waals surface area contributed by atoms with Gasteiger partial charge < -0.3 is 9.80 Å². The zero-order valence-electron chi connectivity index (χ0n) is 13.4. The van der Waals surface area contributed by atoms with Crippen LogP contribution in [0.1, 0.15) is 46.0 Å². The molecule has 22 heavy (non-hydrogen) atoms. The van der Waals surface area contributed by atoms with Crippen LogP contribution in [0, 0.1) is 5.92 Å². The zero-order valence-corrected chi connectivity index (χ0v) is 13.4. The second-order valence-electron chi connectivity index (χ2n) is 6.59. The van der Waals surface area contributed by atoms with Gasteiger partial charge in [-0.2, -0.15) is 0 Å². The Labute approximate surface area is 132 Å². The third-order valence-electron chi connectivity index (χ3n) is 4.90. The van der Waals surface area contributed by atoms with E-state index in [1.807, 2.05) is 36.1 Å². The Hall–Kier alpha value is -1.84. The van der Waals surface area contributed by atoms with Crippen LogP contribution in [-0.4, -0.2) is 24.4 Å². The Bertz CT molecular complexity index is 578. The van der Waals surface area contributed by atoms with E-state index in [-0.39, 0.29) is 17.9 Å². The van der Waals surface area contributed by atoms with Gasteiger partial charge in [0, 0.05) is 19.9 Å². The van der Waals surface area contributed by atoms with Crippen molar-refractivity contribution in [1.29, 1.82) is 0 Å². The van der Waals surface area contributed by atoms with Crippen LogP contribution in [0.25, 0.3) is 0 Å². The Morgan fingerprint density at radius 2 is 1.77 bits per heavy atom. The van der Waals surface area contributed by atoms with Crippen LogP contribution in [0.3, 0.4) is 0 Å². The molecule has 0 N–H and O–H groups in total. The largest absolute Gasteiger partial charge is 0.308 e. The summed E-state index contributed by atoms with van der Waals surface area (Å²) in [5.74, 6) is 0.776. The van der Waals surface area contributed by atoms with Gasteiger partial charge in [-0.3, -0.25) is 9.59 Å². The molecule has 1 aliphatic carbocycles. The summed E-state index contributed by atoms with van der Waals surface area (Å²) in [4.78, 5) is 28.4.